The normalized spacial score (nSPS) is 19.8. The number of allylic oxidation sites excluding steroid dienone is 4. The number of nitrogens with zero attached hydrogens (tertiary/aromatic N) is 2. The maximum Gasteiger partial charge on any atom is 0.198 e. The summed E-state index contributed by atoms with van der Waals surface area (Å²) in [6, 6.07) is 9.04. The molecule has 1 atom stereocenters. The molecule has 0 fully saturated rings. The first kappa shape index (κ1) is 17.5. The Labute approximate surface area is 141 Å². The molecule has 0 saturated heterocycles. The van der Waals surface area contributed by atoms with Gasteiger partial charge in [-0.2, -0.15) is 0 Å². The summed E-state index contributed by atoms with van der Waals surface area (Å²) < 4.78 is 2.15. The summed E-state index contributed by atoms with van der Waals surface area (Å²) in [5, 5.41) is 0. The van der Waals surface area contributed by atoms with E-state index in [2.05, 4.69) is 107 Å². The second-order valence-corrected chi connectivity index (χ2v) is 7.44. The monoisotopic (exact) mass is 311 g/mol. The van der Waals surface area contributed by atoms with E-state index in [1.54, 1.807) is 0 Å². The Kier molecular flexibility index (Phi) is 5.13. The molecular weight excluding hydrogens is 280 g/mol. The van der Waals surface area contributed by atoms with Crippen molar-refractivity contribution in [2.24, 2.45) is 11.8 Å². The summed E-state index contributed by atoms with van der Waals surface area (Å²) in [5.41, 5.74) is 4.01. The molecule has 0 N–H and O–H groups in total. The van der Waals surface area contributed by atoms with Crippen LogP contribution in [0, 0.1) is 11.8 Å². The highest BCUT2D eigenvalue weighted by molar-refractivity contribution is 6.01. The van der Waals surface area contributed by atoms with Gasteiger partial charge < -0.3 is 4.90 Å². The van der Waals surface area contributed by atoms with Gasteiger partial charge in [0.1, 0.15) is 14.1 Å². The van der Waals surface area contributed by atoms with E-state index in [1.165, 1.54) is 17.0 Å². The van der Waals surface area contributed by atoms with E-state index in [0.29, 0.717) is 11.8 Å². The van der Waals surface area contributed by atoms with Crippen LogP contribution in [0.3, 0.4) is 0 Å². The molecule has 1 aliphatic rings. The van der Waals surface area contributed by atoms with Gasteiger partial charge in [0.25, 0.3) is 0 Å². The topological polar surface area (TPSA) is 6.25 Å². The van der Waals surface area contributed by atoms with Gasteiger partial charge in [0.2, 0.25) is 0 Å². The van der Waals surface area contributed by atoms with Gasteiger partial charge in [0, 0.05) is 43.3 Å². The molecule has 2 nitrogen and oxygen atoms in total. The lowest BCUT2D eigenvalue weighted by Crippen LogP contribution is -2.36. The van der Waals surface area contributed by atoms with E-state index < -0.39 is 0 Å². The lowest BCUT2D eigenvalue weighted by atomic mass is 9.64. The average molecular weight is 311 g/mol. The first-order chi connectivity index (χ1) is 10.8. The highest BCUT2D eigenvalue weighted by atomic mass is 15.1. The van der Waals surface area contributed by atoms with Crippen molar-refractivity contribution in [2.75, 3.05) is 33.1 Å². The fourth-order valence-electron chi connectivity index (χ4n) is 3.25. The highest BCUT2D eigenvalue weighted by Crippen LogP contribution is 2.42. The predicted molar refractivity (Wildman–Crippen MR) is 102 cm³/mol. The molecule has 1 unspecified atom stereocenters. The van der Waals surface area contributed by atoms with Crippen molar-refractivity contribution in [3.63, 3.8) is 0 Å². The van der Waals surface area contributed by atoms with Crippen LogP contribution in [0.15, 0.2) is 48.6 Å². The third kappa shape index (κ3) is 3.41. The third-order valence-corrected chi connectivity index (χ3v) is 5.36. The van der Waals surface area contributed by atoms with E-state index in [4.69, 9.17) is 0 Å². The Morgan fingerprint density at radius 2 is 1.52 bits per heavy atom. The number of anilines is 1. The van der Waals surface area contributed by atoms with Gasteiger partial charge in [-0.15, -0.1) is 0 Å². The van der Waals surface area contributed by atoms with Crippen LogP contribution >= 0.6 is 0 Å². The SMILES string of the molecule is CC(C)C(C)(c1ccc(N(C)C)cc1)C1C=CC(=[N+](C)C)C=C1. The van der Waals surface area contributed by atoms with Gasteiger partial charge in [0.05, 0.1) is 0 Å². The second-order valence-electron chi connectivity index (χ2n) is 7.44. The zero-order valence-corrected chi connectivity index (χ0v) is 15.7. The molecule has 1 aliphatic carbocycles. The first-order valence-electron chi connectivity index (χ1n) is 8.45. The first-order valence-corrected chi connectivity index (χ1v) is 8.45. The molecule has 0 heterocycles. The minimum atomic E-state index is 0.0929. The summed E-state index contributed by atoms with van der Waals surface area (Å²) in [6.45, 7) is 7.04. The number of hydrogen-bond donors (Lipinski definition) is 0. The maximum atomic E-state index is 2.39. The third-order valence-electron chi connectivity index (χ3n) is 5.36. The summed E-state index contributed by atoms with van der Waals surface area (Å²) in [7, 11) is 8.35. The Balaban J connectivity index is 2.39. The summed E-state index contributed by atoms with van der Waals surface area (Å²) in [4.78, 5) is 2.15. The van der Waals surface area contributed by atoms with Gasteiger partial charge in [-0.25, -0.2) is 4.58 Å². The van der Waals surface area contributed by atoms with Crippen LogP contribution in [0.2, 0.25) is 0 Å². The molecule has 0 spiro atoms. The van der Waals surface area contributed by atoms with E-state index >= 15 is 0 Å². The molecule has 0 bridgehead atoms. The number of benzene rings is 1. The van der Waals surface area contributed by atoms with E-state index in [0.717, 1.165) is 0 Å². The van der Waals surface area contributed by atoms with Crippen LogP contribution in [-0.2, 0) is 5.41 Å². The standard InChI is InChI=1S/C21H31N2/c1-16(2)21(3,17-8-12-19(13-9-17)22(4)5)18-10-14-20(15-11-18)23(6)7/h8-17H,1-7H3/q+1. The van der Waals surface area contributed by atoms with Crippen molar-refractivity contribution in [3.8, 4) is 0 Å². The molecular formula is C21H31N2+. The predicted octanol–water partition coefficient (Wildman–Crippen LogP) is 4.12. The van der Waals surface area contributed by atoms with Crippen molar-refractivity contribution in [2.45, 2.75) is 26.2 Å². The smallest absolute Gasteiger partial charge is 0.198 e. The minimum absolute atomic E-state index is 0.0929. The Bertz CT molecular complexity index is 612. The molecule has 0 aliphatic heterocycles. The van der Waals surface area contributed by atoms with Crippen LogP contribution in [0.4, 0.5) is 5.69 Å². The van der Waals surface area contributed by atoms with Gasteiger partial charge in [-0.05, 0) is 23.6 Å². The fourth-order valence-corrected chi connectivity index (χ4v) is 3.25. The largest absolute Gasteiger partial charge is 0.378 e. The van der Waals surface area contributed by atoms with Gasteiger partial charge in [0.15, 0.2) is 5.71 Å². The van der Waals surface area contributed by atoms with E-state index in [-0.39, 0.29) is 5.41 Å². The fraction of sp³-hybridized carbons (Fsp3) is 0.476. The van der Waals surface area contributed by atoms with Crippen molar-refractivity contribution in [3.05, 3.63) is 54.1 Å². The summed E-state index contributed by atoms with van der Waals surface area (Å²) >= 11 is 0. The van der Waals surface area contributed by atoms with Crippen molar-refractivity contribution < 1.29 is 4.58 Å². The molecule has 2 heteroatoms. The van der Waals surface area contributed by atoms with Crippen molar-refractivity contribution in [1.29, 1.82) is 0 Å². The molecule has 1 aromatic rings. The molecule has 124 valence electrons. The Morgan fingerprint density at radius 1 is 1.00 bits per heavy atom. The van der Waals surface area contributed by atoms with Gasteiger partial charge in [-0.3, -0.25) is 0 Å². The second kappa shape index (κ2) is 6.74. The Morgan fingerprint density at radius 3 is 1.91 bits per heavy atom. The summed E-state index contributed by atoms with van der Waals surface area (Å²) in [6.07, 6.45) is 9.21. The van der Waals surface area contributed by atoms with Gasteiger partial charge >= 0.3 is 0 Å². The van der Waals surface area contributed by atoms with Gasteiger partial charge in [-0.1, -0.05) is 45.1 Å². The van der Waals surface area contributed by atoms with Crippen LogP contribution in [-0.4, -0.2) is 38.5 Å². The maximum absolute atomic E-state index is 2.39. The van der Waals surface area contributed by atoms with E-state index in [9.17, 15) is 0 Å². The number of rotatable bonds is 4. The van der Waals surface area contributed by atoms with Crippen molar-refractivity contribution >= 4 is 11.4 Å². The molecule has 0 aromatic heterocycles. The summed E-state index contributed by atoms with van der Waals surface area (Å²) in [5.74, 6) is 0.962. The van der Waals surface area contributed by atoms with Crippen molar-refractivity contribution in [1.82, 2.24) is 0 Å². The quantitative estimate of drug-likeness (QED) is 0.758. The minimum Gasteiger partial charge on any atom is -0.378 e. The van der Waals surface area contributed by atoms with Crippen LogP contribution in [0.5, 0.6) is 0 Å². The van der Waals surface area contributed by atoms with Crippen LogP contribution in [0.1, 0.15) is 26.3 Å². The Hall–Kier alpha value is -1.83. The molecule has 1 aromatic carbocycles. The van der Waals surface area contributed by atoms with Crippen LogP contribution in [0.25, 0.3) is 0 Å². The molecule has 23 heavy (non-hydrogen) atoms. The van der Waals surface area contributed by atoms with E-state index in [1.807, 2.05) is 0 Å². The average Bonchev–Trinajstić information content (AvgIpc) is 2.54. The number of hydrogen-bond acceptors (Lipinski definition) is 1. The molecule has 0 amide bonds. The lowest BCUT2D eigenvalue weighted by Gasteiger charge is -2.40. The molecule has 0 saturated carbocycles. The van der Waals surface area contributed by atoms with Crippen LogP contribution < -0.4 is 4.90 Å². The zero-order chi connectivity index (χ0) is 17.2. The highest BCUT2D eigenvalue weighted by Gasteiger charge is 2.37. The molecule has 2 rings (SSSR count). The molecule has 0 radical (unpaired) electrons. The zero-order valence-electron chi connectivity index (χ0n) is 15.7. The lowest BCUT2D eigenvalue weighted by molar-refractivity contribution is -0.462.